The highest BCUT2D eigenvalue weighted by atomic mass is 32.2. The number of carbonyl (C=O) groups is 1. The zero-order chi connectivity index (χ0) is 23.8. The molecule has 0 spiro atoms. The summed E-state index contributed by atoms with van der Waals surface area (Å²) in [7, 11) is 1.56. The predicted octanol–water partition coefficient (Wildman–Crippen LogP) is 5.33. The van der Waals surface area contributed by atoms with Crippen molar-refractivity contribution >= 4 is 17.7 Å². The van der Waals surface area contributed by atoms with E-state index in [4.69, 9.17) is 4.74 Å². The van der Waals surface area contributed by atoms with Crippen molar-refractivity contribution in [3.8, 4) is 5.75 Å². The van der Waals surface area contributed by atoms with Gasteiger partial charge >= 0.3 is 6.18 Å². The Balaban J connectivity index is 1.65. The van der Waals surface area contributed by atoms with Gasteiger partial charge in [-0.05, 0) is 48.4 Å². The molecule has 0 fully saturated rings. The molecule has 2 aromatic carbocycles. The number of ether oxygens (including phenoxy) is 1. The van der Waals surface area contributed by atoms with Crippen molar-refractivity contribution in [2.45, 2.75) is 49.9 Å². The van der Waals surface area contributed by atoms with Crippen molar-refractivity contribution in [1.82, 2.24) is 20.1 Å². The largest absolute Gasteiger partial charge is 0.497 e. The number of halogens is 3. The molecular weight excluding hydrogens is 453 g/mol. The second-order valence-corrected chi connectivity index (χ2v) is 8.24. The molecule has 0 unspecified atom stereocenters. The van der Waals surface area contributed by atoms with Crippen LogP contribution in [-0.4, -0.2) is 27.8 Å². The van der Waals surface area contributed by atoms with Crippen molar-refractivity contribution in [3.63, 3.8) is 0 Å². The second-order valence-electron chi connectivity index (χ2n) is 7.30. The molecule has 0 aliphatic rings. The van der Waals surface area contributed by atoms with Crippen LogP contribution in [0.3, 0.4) is 0 Å². The fourth-order valence-electron chi connectivity index (χ4n) is 3.04. The van der Waals surface area contributed by atoms with Gasteiger partial charge in [0.05, 0.1) is 19.2 Å². The predicted molar refractivity (Wildman–Crippen MR) is 120 cm³/mol. The maximum absolute atomic E-state index is 12.8. The van der Waals surface area contributed by atoms with Gasteiger partial charge in [0.15, 0.2) is 11.0 Å². The second kappa shape index (κ2) is 11.2. The Morgan fingerprint density at radius 3 is 2.39 bits per heavy atom. The lowest BCUT2D eigenvalue weighted by Gasteiger charge is -2.11. The topological polar surface area (TPSA) is 69.0 Å². The number of methoxy groups -OCH3 is 1. The Morgan fingerprint density at radius 1 is 1.09 bits per heavy atom. The number of nitrogens with one attached hydrogen (secondary N) is 1. The summed E-state index contributed by atoms with van der Waals surface area (Å²) in [6.45, 7) is 2.97. The number of carbonyl (C=O) groups excluding carboxylic acids is 1. The van der Waals surface area contributed by atoms with Gasteiger partial charge in [0.25, 0.3) is 5.91 Å². The Kier molecular flexibility index (Phi) is 8.37. The molecule has 176 valence electrons. The minimum absolute atomic E-state index is 0.211. The molecule has 3 aromatic rings. The normalized spacial score (nSPS) is 11.4. The molecule has 1 heterocycles. The summed E-state index contributed by atoms with van der Waals surface area (Å²) in [5.41, 5.74) is 0.594. The Labute approximate surface area is 194 Å². The SMILES string of the molecule is CCCCn1c(CNC(=O)c2ccc(OC)cc2)nnc1SCc1ccc(C(F)(F)F)cc1. The first-order chi connectivity index (χ1) is 15.8. The fraction of sp³-hybridized carbons (Fsp3) is 0.348. The molecule has 1 aromatic heterocycles. The first-order valence-electron chi connectivity index (χ1n) is 10.4. The van der Waals surface area contributed by atoms with E-state index in [1.165, 1.54) is 23.9 Å². The van der Waals surface area contributed by atoms with Gasteiger partial charge in [-0.15, -0.1) is 10.2 Å². The van der Waals surface area contributed by atoms with Crippen molar-refractivity contribution in [2.24, 2.45) is 0 Å². The molecule has 0 aliphatic carbocycles. The first-order valence-corrected chi connectivity index (χ1v) is 11.4. The van der Waals surface area contributed by atoms with E-state index in [0.29, 0.717) is 34.6 Å². The molecule has 3 rings (SSSR count). The molecule has 1 amide bonds. The Bertz CT molecular complexity index is 1050. The van der Waals surface area contributed by atoms with Gasteiger partial charge in [-0.1, -0.05) is 37.2 Å². The lowest BCUT2D eigenvalue weighted by molar-refractivity contribution is -0.137. The molecule has 0 bridgehead atoms. The maximum Gasteiger partial charge on any atom is 0.416 e. The van der Waals surface area contributed by atoms with Crippen LogP contribution in [-0.2, 0) is 25.0 Å². The third-order valence-electron chi connectivity index (χ3n) is 4.94. The summed E-state index contributed by atoms with van der Waals surface area (Å²) in [4.78, 5) is 12.5. The van der Waals surface area contributed by atoms with Crippen LogP contribution >= 0.6 is 11.8 Å². The van der Waals surface area contributed by atoms with Crippen molar-refractivity contribution in [1.29, 1.82) is 0 Å². The summed E-state index contributed by atoms with van der Waals surface area (Å²) in [5.74, 6) is 1.52. The van der Waals surface area contributed by atoms with E-state index in [9.17, 15) is 18.0 Å². The van der Waals surface area contributed by atoms with Crippen LogP contribution in [0.5, 0.6) is 5.75 Å². The minimum atomic E-state index is -4.35. The molecule has 33 heavy (non-hydrogen) atoms. The zero-order valence-electron chi connectivity index (χ0n) is 18.4. The molecule has 0 aliphatic heterocycles. The monoisotopic (exact) mass is 478 g/mol. The van der Waals surface area contributed by atoms with E-state index >= 15 is 0 Å². The summed E-state index contributed by atoms with van der Waals surface area (Å²) in [5, 5.41) is 12.0. The molecule has 0 atom stereocenters. The lowest BCUT2D eigenvalue weighted by Crippen LogP contribution is -2.25. The van der Waals surface area contributed by atoms with Crippen molar-refractivity contribution < 1.29 is 22.7 Å². The highest BCUT2D eigenvalue weighted by molar-refractivity contribution is 7.98. The number of thioether (sulfide) groups is 1. The molecular formula is C23H25F3N4O2S. The first kappa shape index (κ1) is 24.6. The van der Waals surface area contributed by atoms with Crippen LogP contribution in [0.15, 0.2) is 53.7 Å². The summed E-state index contributed by atoms with van der Waals surface area (Å²) in [6, 6.07) is 11.9. The lowest BCUT2D eigenvalue weighted by atomic mass is 10.1. The minimum Gasteiger partial charge on any atom is -0.497 e. The molecule has 10 heteroatoms. The average molecular weight is 479 g/mol. The van der Waals surface area contributed by atoms with Crippen LogP contribution < -0.4 is 10.1 Å². The van der Waals surface area contributed by atoms with Crippen molar-refractivity contribution in [3.05, 3.63) is 71.0 Å². The van der Waals surface area contributed by atoms with Crippen LogP contribution in [0.4, 0.5) is 13.2 Å². The van der Waals surface area contributed by atoms with Crippen LogP contribution in [0.1, 0.15) is 47.1 Å². The summed E-state index contributed by atoms with van der Waals surface area (Å²) < 4.78 is 45.3. The summed E-state index contributed by atoms with van der Waals surface area (Å²) in [6.07, 6.45) is -2.47. The van der Waals surface area contributed by atoms with Gasteiger partial charge in [0.1, 0.15) is 5.75 Å². The fourth-order valence-corrected chi connectivity index (χ4v) is 3.98. The summed E-state index contributed by atoms with van der Waals surface area (Å²) >= 11 is 1.40. The number of amides is 1. The van der Waals surface area contributed by atoms with E-state index in [1.807, 2.05) is 4.57 Å². The third kappa shape index (κ3) is 6.74. The van der Waals surface area contributed by atoms with E-state index in [2.05, 4.69) is 22.4 Å². The van der Waals surface area contributed by atoms with E-state index < -0.39 is 11.7 Å². The third-order valence-corrected chi connectivity index (χ3v) is 5.98. The molecule has 0 saturated carbocycles. The van der Waals surface area contributed by atoms with Crippen LogP contribution in [0, 0.1) is 0 Å². The Hall–Kier alpha value is -3.01. The van der Waals surface area contributed by atoms with Crippen LogP contribution in [0.2, 0.25) is 0 Å². The van der Waals surface area contributed by atoms with E-state index in [-0.39, 0.29) is 12.5 Å². The van der Waals surface area contributed by atoms with Gasteiger partial charge in [0, 0.05) is 17.9 Å². The van der Waals surface area contributed by atoms with Crippen molar-refractivity contribution in [2.75, 3.05) is 7.11 Å². The number of hydrogen-bond acceptors (Lipinski definition) is 5. The van der Waals surface area contributed by atoms with Crippen LogP contribution in [0.25, 0.3) is 0 Å². The number of rotatable bonds is 10. The van der Waals surface area contributed by atoms with E-state index in [1.54, 1.807) is 31.4 Å². The van der Waals surface area contributed by atoms with Gasteiger partial charge in [-0.25, -0.2) is 0 Å². The number of aromatic nitrogens is 3. The quantitative estimate of drug-likeness (QED) is 0.399. The molecule has 1 N–H and O–H groups in total. The van der Waals surface area contributed by atoms with Gasteiger partial charge in [0.2, 0.25) is 0 Å². The Morgan fingerprint density at radius 2 is 1.79 bits per heavy atom. The molecule has 6 nitrogen and oxygen atoms in total. The molecule has 0 saturated heterocycles. The standard InChI is InChI=1S/C23H25F3N4O2S/c1-3-4-13-30-20(14-27-21(31)17-7-11-19(32-2)12-8-17)28-29-22(30)33-15-16-5-9-18(10-6-16)23(24,25)26/h5-12H,3-4,13-15H2,1-2H3,(H,27,31). The average Bonchev–Trinajstić information content (AvgIpc) is 3.21. The van der Waals surface area contributed by atoms with Gasteiger partial charge in [-0.2, -0.15) is 13.2 Å². The number of unbranched alkanes of at least 4 members (excludes halogenated alkanes) is 1. The highest BCUT2D eigenvalue weighted by Crippen LogP contribution is 2.30. The van der Waals surface area contributed by atoms with Gasteiger partial charge < -0.3 is 14.6 Å². The number of hydrogen-bond donors (Lipinski definition) is 1. The molecule has 0 radical (unpaired) electrons. The number of nitrogens with zero attached hydrogens (tertiary/aromatic N) is 3. The van der Waals surface area contributed by atoms with E-state index in [0.717, 1.165) is 30.5 Å². The number of alkyl halides is 3. The maximum atomic E-state index is 12.8. The zero-order valence-corrected chi connectivity index (χ0v) is 19.2. The highest BCUT2D eigenvalue weighted by Gasteiger charge is 2.29. The smallest absolute Gasteiger partial charge is 0.416 e. The number of benzene rings is 2. The van der Waals surface area contributed by atoms with Gasteiger partial charge in [-0.3, -0.25) is 4.79 Å².